The van der Waals surface area contributed by atoms with Crippen LogP contribution in [0.15, 0.2) is 103 Å². The monoisotopic (exact) mass is 393 g/mol. The van der Waals surface area contributed by atoms with Gasteiger partial charge in [0.15, 0.2) is 0 Å². The van der Waals surface area contributed by atoms with Crippen molar-refractivity contribution >= 4 is 38.7 Å². The number of benzene rings is 4. The lowest BCUT2D eigenvalue weighted by Gasteiger charge is -2.14. The van der Waals surface area contributed by atoms with E-state index in [1.165, 1.54) is 21.9 Å². The summed E-state index contributed by atoms with van der Waals surface area (Å²) in [5, 5.41) is 2.41. The van der Waals surface area contributed by atoms with E-state index in [0.717, 1.165) is 32.2 Å². The summed E-state index contributed by atoms with van der Waals surface area (Å²) >= 11 is 1.62. The zero-order valence-corrected chi connectivity index (χ0v) is 17.3. The van der Waals surface area contributed by atoms with E-state index in [-0.39, 0.29) is 0 Å². The van der Waals surface area contributed by atoms with Gasteiger partial charge in [0.1, 0.15) is 0 Å². The van der Waals surface area contributed by atoms with Crippen molar-refractivity contribution in [2.45, 2.75) is 11.8 Å². The zero-order chi connectivity index (χ0) is 20.4. The minimum atomic E-state index is 0.774. The number of nitrogens with two attached hydrogens (primary N) is 1. The second kappa shape index (κ2) is 8.02. The van der Waals surface area contributed by atoms with Crippen LogP contribution in [0.4, 0.5) is 5.69 Å². The number of allylic oxidation sites excluding steroid dienone is 1. The van der Waals surface area contributed by atoms with Crippen LogP contribution in [-0.2, 0) is 0 Å². The molecule has 4 aromatic carbocycles. The molecule has 0 atom stereocenters. The predicted molar refractivity (Wildman–Crippen MR) is 130 cm³/mol. The smallest absolute Gasteiger partial charge is 0.0455 e. The van der Waals surface area contributed by atoms with Gasteiger partial charge < -0.3 is 5.73 Å². The van der Waals surface area contributed by atoms with E-state index in [4.69, 9.17) is 5.73 Å². The normalized spacial score (nSPS) is 10.8. The van der Waals surface area contributed by atoms with Gasteiger partial charge in [0.2, 0.25) is 0 Å². The molecule has 0 spiro atoms. The standard InChI is InChI=1S/C27H23NS/c1-18(2)20-9-8-10-21(17-20)23-16-15-22(24-11-4-5-12-25(23)24)19(3)29-27-14-7-6-13-26(27)28/h4-17H,1,3,28H2,2H3. The summed E-state index contributed by atoms with van der Waals surface area (Å²) in [6, 6.07) is 29.3. The number of hydrogen-bond donors (Lipinski definition) is 1. The molecule has 0 bridgehead atoms. The van der Waals surface area contributed by atoms with Crippen LogP contribution in [0.25, 0.3) is 32.4 Å². The molecule has 0 aliphatic carbocycles. The molecule has 0 aliphatic heterocycles. The molecule has 0 fully saturated rings. The van der Waals surface area contributed by atoms with Crippen LogP contribution in [0, 0.1) is 0 Å². The van der Waals surface area contributed by atoms with Crippen molar-refractivity contribution in [3.8, 4) is 11.1 Å². The number of anilines is 1. The van der Waals surface area contributed by atoms with Crippen LogP contribution in [0.3, 0.4) is 0 Å². The number of nitrogen functional groups attached to an aromatic ring is 1. The molecule has 0 heterocycles. The van der Waals surface area contributed by atoms with Crippen LogP contribution in [0.2, 0.25) is 0 Å². The Morgan fingerprint density at radius 3 is 2.28 bits per heavy atom. The number of para-hydroxylation sites is 1. The van der Waals surface area contributed by atoms with Crippen LogP contribution < -0.4 is 5.73 Å². The molecule has 0 radical (unpaired) electrons. The fraction of sp³-hybridized carbons (Fsp3) is 0.0370. The highest BCUT2D eigenvalue weighted by Gasteiger charge is 2.12. The molecule has 2 heteroatoms. The van der Waals surface area contributed by atoms with Gasteiger partial charge in [0, 0.05) is 15.5 Å². The van der Waals surface area contributed by atoms with Gasteiger partial charge in [0.05, 0.1) is 0 Å². The molecule has 0 saturated heterocycles. The lowest BCUT2D eigenvalue weighted by atomic mass is 9.93. The van der Waals surface area contributed by atoms with E-state index in [1.54, 1.807) is 11.8 Å². The molecular weight excluding hydrogens is 370 g/mol. The second-order valence-corrected chi connectivity index (χ2v) is 8.27. The Kier molecular flexibility index (Phi) is 5.28. The number of fused-ring (bicyclic) bond motifs is 1. The topological polar surface area (TPSA) is 26.0 Å². The first-order chi connectivity index (χ1) is 14.0. The number of hydrogen-bond acceptors (Lipinski definition) is 2. The Morgan fingerprint density at radius 2 is 1.52 bits per heavy atom. The molecule has 29 heavy (non-hydrogen) atoms. The first-order valence-corrected chi connectivity index (χ1v) is 10.4. The first kappa shape index (κ1) is 19.1. The Balaban J connectivity index is 1.80. The molecule has 0 aliphatic rings. The number of thioether (sulfide) groups is 1. The molecule has 2 N–H and O–H groups in total. The van der Waals surface area contributed by atoms with Crippen LogP contribution >= 0.6 is 11.8 Å². The molecule has 1 nitrogen and oxygen atoms in total. The maximum atomic E-state index is 6.13. The third kappa shape index (κ3) is 3.85. The predicted octanol–water partition coefficient (Wildman–Crippen LogP) is 7.89. The van der Waals surface area contributed by atoms with Crippen LogP contribution in [0.5, 0.6) is 0 Å². The summed E-state index contributed by atoms with van der Waals surface area (Å²) in [7, 11) is 0. The van der Waals surface area contributed by atoms with E-state index in [2.05, 4.69) is 73.8 Å². The molecule has 4 aromatic rings. The second-order valence-electron chi connectivity index (χ2n) is 7.13. The minimum Gasteiger partial charge on any atom is -0.398 e. The van der Waals surface area contributed by atoms with E-state index in [9.17, 15) is 0 Å². The van der Waals surface area contributed by atoms with Gasteiger partial charge in [-0.1, -0.05) is 97.2 Å². The van der Waals surface area contributed by atoms with E-state index < -0.39 is 0 Å². The van der Waals surface area contributed by atoms with Crippen LogP contribution in [0.1, 0.15) is 18.1 Å². The lowest BCUT2D eigenvalue weighted by Crippen LogP contribution is -1.90. The first-order valence-electron chi connectivity index (χ1n) is 9.54. The largest absolute Gasteiger partial charge is 0.398 e. The molecule has 0 aromatic heterocycles. The molecule has 0 unspecified atom stereocenters. The van der Waals surface area contributed by atoms with Crippen molar-refractivity contribution in [2.24, 2.45) is 0 Å². The average Bonchev–Trinajstić information content (AvgIpc) is 2.74. The van der Waals surface area contributed by atoms with E-state index >= 15 is 0 Å². The van der Waals surface area contributed by atoms with E-state index in [0.29, 0.717) is 0 Å². The summed E-state index contributed by atoms with van der Waals surface area (Å²) in [6.45, 7) is 10.5. The van der Waals surface area contributed by atoms with Gasteiger partial charge in [-0.15, -0.1) is 0 Å². The summed E-state index contributed by atoms with van der Waals surface area (Å²) in [6.07, 6.45) is 0. The van der Waals surface area contributed by atoms with Gasteiger partial charge in [-0.05, 0) is 58.1 Å². The molecule has 0 amide bonds. The Hall–Kier alpha value is -3.23. The van der Waals surface area contributed by atoms with Crippen molar-refractivity contribution in [2.75, 3.05) is 5.73 Å². The summed E-state index contributed by atoms with van der Waals surface area (Å²) in [5.41, 5.74) is 12.7. The van der Waals surface area contributed by atoms with Gasteiger partial charge in [-0.2, -0.15) is 0 Å². The van der Waals surface area contributed by atoms with Gasteiger partial charge in [-0.25, -0.2) is 0 Å². The summed E-state index contributed by atoms with van der Waals surface area (Å²) in [4.78, 5) is 2.01. The van der Waals surface area contributed by atoms with E-state index in [1.807, 2.05) is 31.2 Å². The SMILES string of the molecule is C=C(C)c1cccc(-c2ccc(C(=C)Sc3ccccc3N)c3ccccc23)c1. The molecule has 142 valence electrons. The van der Waals surface area contributed by atoms with Gasteiger partial charge in [-0.3, -0.25) is 0 Å². The van der Waals surface area contributed by atoms with Crippen molar-refractivity contribution in [1.29, 1.82) is 0 Å². The average molecular weight is 394 g/mol. The Morgan fingerprint density at radius 1 is 0.793 bits per heavy atom. The highest BCUT2D eigenvalue weighted by Crippen LogP contribution is 2.41. The van der Waals surface area contributed by atoms with Gasteiger partial charge >= 0.3 is 0 Å². The van der Waals surface area contributed by atoms with Gasteiger partial charge in [0.25, 0.3) is 0 Å². The van der Waals surface area contributed by atoms with Crippen molar-refractivity contribution in [3.05, 3.63) is 109 Å². The zero-order valence-electron chi connectivity index (χ0n) is 16.5. The van der Waals surface area contributed by atoms with Crippen molar-refractivity contribution in [1.82, 2.24) is 0 Å². The highest BCUT2D eigenvalue weighted by atomic mass is 32.2. The third-order valence-corrected chi connectivity index (χ3v) is 6.10. The van der Waals surface area contributed by atoms with Crippen molar-refractivity contribution < 1.29 is 0 Å². The fourth-order valence-electron chi connectivity index (χ4n) is 3.51. The highest BCUT2D eigenvalue weighted by molar-refractivity contribution is 8.08. The summed E-state index contributed by atoms with van der Waals surface area (Å²) in [5.74, 6) is 0. The van der Waals surface area contributed by atoms with Crippen LogP contribution in [-0.4, -0.2) is 0 Å². The molecule has 0 saturated carbocycles. The minimum absolute atomic E-state index is 0.774. The lowest BCUT2D eigenvalue weighted by molar-refractivity contribution is 1.47. The molecular formula is C27H23NS. The fourth-order valence-corrected chi connectivity index (χ4v) is 4.39. The summed E-state index contributed by atoms with van der Waals surface area (Å²) < 4.78 is 0. The maximum absolute atomic E-state index is 6.13. The maximum Gasteiger partial charge on any atom is 0.0455 e. The van der Waals surface area contributed by atoms with Crippen molar-refractivity contribution in [3.63, 3.8) is 0 Å². The Labute approximate surface area is 176 Å². The number of rotatable bonds is 5. The molecule has 4 rings (SSSR count). The third-order valence-electron chi connectivity index (χ3n) is 5.04. The Bertz CT molecular complexity index is 1240. The quantitative estimate of drug-likeness (QED) is 0.275.